The quantitative estimate of drug-likeness (QED) is 0.848. The fraction of sp³-hybridized carbons (Fsp3) is 0.727. The lowest BCUT2D eigenvalue weighted by molar-refractivity contribution is 0.381. The molecule has 1 aromatic heterocycles. The lowest BCUT2D eigenvalue weighted by Crippen LogP contribution is -2.30. The predicted octanol–water partition coefficient (Wildman–Crippen LogP) is 1.82. The first-order chi connectivity index (χ1) is 7.33. The number of hydrogen-bond acceptors (Lipinski definition) is 3. The van der Waals surface area contributed by atoms with Crippen LogP contribution in [0.4, 0.5) is 0 Å². The van der Waals surface area contributed by atoms with Gasteiger partial charge in [-0.05, 0) is 36.5 Å². The van der Waals surface area contributed by atoms with Crippen LogP contribution in [0.25, 0.3) is 0 Å². The van der Waals surface area contributed by atoms with Crippen LogP contribution in [-0.2, 0) is 7.05 Å². The number of aryl methyl sites for hydroxylation is 1. The van der Waals surface area contributed by atoms with E-state index in [9.17, 15) is 0 Å². The summed E-state index contributed by atoms with van der Waals surface area (Å²) in [5.74, 6) is 3.36. The third-order valence-corrected chi connectivity index (χ3v) is 4.23. The molecule has 2 atom stereocenters. The Hall–Kier alpha value is -0.480. The van der Waals surface area contributed by atoms with E-state index in [1.807, 2.05) is 17.9 Å². The molecule has 1 aromatic rings. The first kappa shape index (κ1) is 11.0. The zero-order chi connectivity index (χ0) is 10.7. The van der Waals surface area contributed by atoms with Gasteiger partial charge >= 0.3 is 0 Å². The second-order valence-corrected chi connectivity index (χ2v) is 5.19. The minimum absolute atomic E-state index is 0.484. The van der Waals surface area contributed by atoms with Gasteiger partial charge in [0.15, 0.2) is 0 Å². The van der Waals surface area contributed by atoms with Gasteiger partial charge in [-0.3, -0.25) is 4.68 Å². The molecule has 0 saturated carbocycles. The van der Waals surface area contributed by atoms with Crippen molar-refractivity contribution in [3.63, 3.8) is 0 Å². The maximum Gasteiger partial charge on any atom is 0.0553 e. The number of rotatable bonds is 4. The van der Waals surface area contributed by atoms with Gasteiger partial charge in [-0.2, -0.15) is 16.9 Å². The van der Waals surface area contributed by atoms with E-state index in [4.69, 9.17) is 0 Å². The zero-order valence-electron chi connectivity index (χ0n) is 9.44. The highest BCUT2D eigenvalue weighted by molar-refractivity contribution is 7.99. The van der Waals surface area contributed by atoms with Crippen molar-refractivity contribution in [3.05, 3.63) is 18.0 Å². The van der Waals surface area contributed by atoms with Crippen molar-refractivity contribution in [2.45, 2.75) is 19.4 Å². The summed E-state index contributed by atoms with van der Waals surface area (Å²) in [6.45, 7) is 3.20. The molecule has 0 bridgehead atoms. The number of thioether (sulfide) groups is 1. The SMILES string of the molecule is CCNC(c1ccnn1C)C1CCSC1. The van der Waals surface area contributed by atoms with Crippen LogP contribution in [0.2, 0.25) is 0 Å². The van der Waals surface area contributed by atoms with Crippen LogP contribution in [0.1, 0.15) is 25.1 Å². The predicted molar refractivity (Wildman–Crippen MR) is 65.1 cm³/mol. The van der Waals surface area contributed by atoms with Gasteiger partial charge < -0.3 is 5.32 Å². The van der Waals surface area contributed by atoms with Crippen LogP contribution >= 0.6 is 11.8 Å². The van der Waals surface area contributed by atoms with Crippen LogP contribution in [0.15, 0.2) is 12.3 Å². The minimum atomic E-state index is 0.484. The standard InChI is InChI=1S/C11H19N3S/c1-3-12-11(9-5-7-15-8-9)10-4-6-13-14(10)2/h4,6,9,11-12H,3,5,7-8H2,1-2H3. The van der Waals surface area contributed by atoms with Crippen LogP contribution < -0.4 is 5.32 Å². The van der Waals surface area contributed by atoms with Crippen molar-refractivity contribution >= 4 is 11.8 Å². The van der Waals surface area contributed by atoms with E-state index >= 15 is 0 Å². The van der Waals surface area contributed by atoms with Crippen molar-refractivity contribution in [1.29, 1.82) is 0 Å². The monoisotopic (exact) mass is 225 g/mol. The van der Waals surface area contributed by atoms with Crippen LogP contribution in [0, 0.1) is 5.92 Å². The largest absolute Gasteiger partial charge is 0.309 e. The molecule has 0 amide bonds. The maximum absolute atomic E-state index is 4.26. The molecule has 1 aliphatic rings. The number of aromatic nitrogens is 2. The fourth-order valence-corrected chi connectivity index (χ4v) is 3.54. The summed E-state index contributed by atoms with van der Waals surface area (Å²) in [7, 11) is 2.03. The van der Waals surface area contributed by atoms with Gasteiger partial charge in [0, 0.05) is 13.2 Å². The van der Waals surface area contributed by atoms with Gasteiger partial charge in [0.2, 0.25) is 0 Å². The first-order valence-corrected chi connectivity index (χ1v) is 6.77. The molecule has 84 valence electrons. The molecule has 15 heavy (non-hydrogen) atoms. The molecular formula is C11H19N3S. The van der Waals surface area contributed by atoms with E-state index < -0.39 is 0 Å². The molecule has 0 aliphatic carbocycles. The normalized spacial score (nSPS) is 23.2. The van der Waals surface area contributed by atoms with Gasteiger partial charge in [-0.25, -0.2) is 0 Å². The summed E-state index contributed by atoms with van der Waals surface area (Å²) in [6.07, 6.45) is 3.22. The van der Waals surface area contributed by atoms with Crippen molar-refractivity contribution in [3.8, 4) is 0 Å². The average molecular weight is 225 g/mol. The van der Waals surface area contributed by atoms with Gasteiger partial charge in [-0.1, -0.05) is 6.92 Å². The molecule has 4 heteroatoms. The Kier molecular flexibility index (Phi) is 3.70. The van der Waals surface area contributed by atoms with Gasteiger partial charge in [0.25, 0.3) is 0 Å². The topological polar surface area (TPSA) is 29.9 Å². The number of hydrogen-bond donors (Lipinski definition) is 1. The second kappa shape index (κ2) is 5.03. The van der Waals surface area contributed by atoms with E-state index in [2.05, 4.69) is 35.2 Å². The van der Waals surface area contributed by atoms with Crippen molar-refractivity contribution in [2.75, 3.05) is 18.1 Å². The van der Waals surface area contributed by atoms with E-state index in [-0.39, 0.29) is 0 Å². The van der Waals surface area contributed by atoms with E-state index in [1.54, 1.807) is 0 Å². The highest BCUT2D eigenvalue weighted by Gasteiger charge is 2.27. The van der Waals surface area contributed by atoms with Gasteiger partial charge in [-0.15, -0.1) is 0 Å². The third-order valence-electron chi connectivity index (χ3n) is 3.04. The molecular weight excluding hydrogens is 206 g/mol. The van der Waals surface area contributed by atoms with Crippen LogP contribution in [0.3, 0.4) is 0 Å². The summed E-state index contributed by atoms with van der Waals surface area (Å²) >= 11 is 2.07. The first-order valence-electron chi connectivity index (χ1n) is 5.62. The molecule has 2 unspecified atom stereocenters. The third kappa shape index (κ3) is 2.37. The Morgan fingerprint density at radius 3 is 3.13 bits per heavy atom. The van der Waals surface area contributed by atoms with Crippen molar-refractivity contribution < 1.29 is 0 Å². The highest BCUT2D eigenvalue weighted by atomic mass is 32.2. The smallest absolute Gasteiger partial charge is 0.0553 e. The molecule has 1 N–H and O–H groups in total. The summed E-state index contributed by atoms with van der Waals surface area (Å²) in [4.78, 5) is 0. The Bertz CT molecular complexity index is 305. The fourth-order valence-electron chi connectivity index (χ4n) is 2.24. The second-order valence-electron chi connectivity index (χ2n) is 4.04. The van der Waals surface area contributed by atoms with Crippen molar-refractivity contribution in [2.24, 2.45) is 13.0 Å². The Morgan fingerprint density at radius 2 is 2.60 bits per heavy atom. The summed E-state index contributed by atoms with van der Waals surface area (Å²) in [5, 5.41) is 7.85. The molecule has 0 spiro atoms. The lowest BCUT2D eigenvalue weighted by atomic mass is 9.96. The average Bonchev–Trinajstić information content (AvgIpc) is 2.85. The molecule has 1 saturated heterocycles. The van der Waals surface area contributed by atoms with E-state index in [1.165, 1.54) is 23.6 Å². The van der Waals surface area contributed by atoms with Crippen LogP contribution in [-0.4, -0.2) is 27.8 Å². The molecule has 1 fully saturated rings. The molecule has 0 radical (unpaired) electrons. The number of nitrogens with zero attached hydrogens (tertiary/aromatic N) is 2. The molecule has 2 rings (SSSR count). The molecule has 3 nitrogen and oxygen atoms in total. The van der Waals surface area contributed by atoms with E-state index in [0.717, 1.165) is 12.5 Å². The van der Waals surface area contributed by atoms with E-state index in [0.29, 0.717) is 6.04 Å². The van der Waals surface area contributed by atoms with Crippen molar-refractivity contribution in [1.82, 2.24) is 15.1 Å². The molecule has 0 aromatic carbocycles. The summed E-state index contributed by atoms with van der Waals surface area (Å²) in [5.41, 5.74) is 1.32. The van der Waals surface area contributed by atoms with Gasteiger partial charge in [0.1, 0.15) is 0 Å². The Morgan fingerprint density at radius 1 is 1.73 bits per heavy atom. The van der Waals surface area contributed by atoms with Crippen LogP contribution in [0.5, 0.6) is 0 Å². The maximum atomic E-state index is 4.26. The lowest BCUT2D eigenvalue weighted by Gasteiger charge is -2.23. The summed E-state index contributed by atoms with van der Waals surface area (Å²) in [6, 6.07) is 2.62. The Labute approximate surface area is 95.6 Å². The molecule has 1 aliphatic heterocycles. The number of nitrogens with one attached hydrogen (secondary N) is 1. The molecule has 2 heterocycles. The highest BCUT2D eigenvalue weighted by Crippen LogP contribution is 2.33. The minimum Gasteiger partial charge on any atom is -0.309 e. The zero-order valence-corrected chi connectivity index (χ0v) is 10.3. The Balaban J connectivity index is 2.15. The van der Waals surface area contributed by atoms with Gasteiger partial charge in [0.05, 0.1) is 11.7 Å². The summed E-state index contributed by atoms with van der Waals surface area (Å²) < 4.78 is 2.00.